The van der Waals surface area contributed by atoms with E-state index in [0.717, 1.165) is 6.08 Å². The first kappa shape index (κ1) is 17.9. The Labute approximate surface area is 145 Å². The first-order valence-electron chi connectivity index (χ1n) is 7.59. The van der Waals surface area contributed by atoms with Gasteiger partial charge in [-0.1, -0.05) is 36.9 Å². The number of nitrogens with one attached hydrogen (secondary N) is 2. The smallest absolute Gasteiger partial charge is 0.259 e. The monoisotopic (exact) mass is 338 g/mol. The van der Waals surface area contributed by atoms with Crippen LogP contribution in [0.15, 0.2) is 67.3 Å². The Balaban J connectivity index is 1.82. The summed E-state index contributed by atoms with van der Waals surface area (Å²) in [7, 11) is 0. The van der Waals surface area contributed by atoms with Gasteiger partial charge < -0.3 is 15.4 Å². The fourth-order valence-electron chi connectivity index (χ4n) is 1.96. The number of amides is 2. The molecule has 2 rings (SSSR count). The van der Waals surface area contributed by atoms with Crippen LogP contribution < -0.4 is 15.4 Å². The van der Waals surface area contributed by atoms with E-state index in [4.69, 9.17) is 4.74 Å². The molecule has 6 nitrogen and oxygen atoms in total. The van der Waals surface area contributed by atoms with E-state index in [9.17, 15) is 14.4 Å². The Morgan fingerprint density at radius 3 is 2.20 bits per heavy atom. The Kier molecular flexibility index (Phi) is 6.47. The molecule has 0 aromatic heterocycles. The van der Waals surface area contributed by atoms with Crippen molar-refractivity contribution in [1.82, 2.24) is 10.6 Å². The SMILES string of the molecule is C=CC(=O)NCNC(=O)COc1ccc(C(=O)c2ccccc2)cc1. The maximum atomic E-state index is 12.3. The van der Waals surface area contributed by atoms with E-state index in [0.29, 0.717) is 16.9 Å². The minimum absolute atomic E-state index is 0.00242. The zero-order valence-electron chi connectivity index (χ0n) is 13.5. The number of ether oxygens (including phenoxy) is 1. The molecule has 0 saturated carbocycles. The minimum atomic E-state index is -0.381. The van der Waals surface area contributed by atoms with Crippen molar-refractivity contribution in [2.24, 2.45) is 0 Å². The molecule has 0 aliphatic heterocycles. The molecule has 0 aliphatic carbocycles. The molecule has 6 heteroatoms. The van der Waals surface area contributed by atoms with Crippen LogP contribution in [0, 0.1) is 0 Å². The van der Waals surface area contributed by atoms with E-state index < -0.39 is 0 Å². The average molecular weight is 338 g/mol. The lowest BCUT2D eigenvalue weighted by molar-refractivity contribution is -0.123. The predicted octanol–water partition coefficient (Wildman–Crippen LogP) is 1.67. The quantitative estimate of drug-likeness (QED) is 0.436. The molecule has 0 unspecified atom stereocenters. The predicted molar refractivity (Wildman–Crippen MR) is 93.2 cm³/mol. The summed E-state index contributed by atoms with van der Waals surface area (Å²) in [6.45, 7) is 3.10. The fraction of sp³-hybridized carbons (Fsp3) is 0.105. The average Bonchev–Trinajstić information content (AvgIpc) is 2.66. The van der Waals surface area contributed by atoms with Gasteiger partial charge in [0.25, 0.3) is 5.91 Å². The van der Waals surface area contributed by atoms with Gasteiger partial charge in [0.05, 0.1) is 6.67 Å². The molecule has 2 amide bonds. The third-order valence-electron chi connectivity index (χ3n) is 3.26. The molecule has 0 saturated heterocycles. The van der Waals surface area contributed by atoms with Gasteiger partial charge in [-0.05, 0) is 30.3 Å². The molecule has 2 aromatic carbocycles. The van der Waals surface area contributed by atoms with Crippen molar-refractivity contribution in [1.29, 1.82) is 0 Å². The zero-order valence-corrected chi connectivity index (χ0v) is 13.5. The number of carbonyl (C=O) groups excluding carboxylic acids is 3. The van der Waals surface area contributed by atoms with Gasteiger partial charge in [0.2, 0.25) is 5.91 Å². The minimum Gasteiger partial charge on any atom is -0.484 e. The molecule has 0 radical (unpaired) electrons. The lowest BCUT2D eigenvalue weighted by Crippen LogP contribution is -2.38. The highest BCUT2D eigenvalue weighted by molar-refractivity contribution is 6.08. The highest BCUT2D eigenvalue weighted by atomic mass is 16.5. The van der Waals surface area contributed by atoms with Crippen LogP contribution in [0.2, 0.25) is 0 Å². The molecule has 25 heavy (non-hydrogen) atoms. The second-order valence-electron chi connectivity index (χ2n) is 5.03. The second kappa shape index (κ2) is 9.02. The van der Waals surface area contributed by atoms with Crippen molar-refractivity contribution in [3.05, 3.63) is 78.4 Å². The molecule has 2 aromatic rings. The molecule has 0 atom stereocenters. The second-order valence-corrected chi connectivity index (χ2v) is 5.03. The van der Waals surface area contributed by atoms with Crippen LogP contribution in [0.1, 0.15) is 15.9 Å². The first-order chi connectivity index (χ1) is 12.1. The fourth-order valence-corrected chi connectivity index (χ4v) is 1.96. The summed E-state index contributed by atoms with van der Waals surface area (Å²) in [4.78, 5) is 34.8. The molecular weight excluding hydrogens is 320 g/mol. The van der Waals surface area contributed by atoms with E-state index >= 15 is 0 Å². The third-order valence-corrected chi connectivity index (χ3v) is 3.26. The van der Waals surface area contributed by atoms with Gasteiger partial charge >= 0.3 is 0 Å². The normalized spacial score (nSPS) is 9.76. The van der Waals surface area contributed by atoms with E-state index in [-0.39, 0.29) is 30.9 Å². The molecular formula is C19H18N2O4. The van der Waals surface area contributed by atoms with E-state index in [2.05, 4.69) is 17.2 Å². The number of carbonyl (C=O) groups is 3. The Hall–Kier alpha value is -3.41. The summed E-state index contributed by atoms with van der Waals surface area (Å²) in [5.41, 5.74) is 1.15. The van der Waals surface area contributed by atoms with Crippen LogP contribution >= 0.6 is 0 Å². The maximum Gasteiger partial charge on any atom is 0.259 e. The largest absolute Gasteiger partial charge is 0.484 e. The van der Waals surface area contributed by atoms with Crippen LogP contribution in [-0.4, -0.2) is 30.9 Å². The zero-order chi connectivity index (χ0) is 18.1. The highest BCUT2D eigenvalue weighted by Gasteiger charge is 2.09. The van der Waals surface area contributed by atoms with Gasteiger partial charge in [-0.2, -0.15) is 0 Å². The van der Waals surface area contributed by atoms with Crippen molar-refractivity contribution >= 4 is 17.6 Å². The lowest BCUT2D eigenvalue weighted by atomic mass is 10.0. The Morgan fingerprint density at radius 1 is 0.920 bits per heavy atom. The van der Waals surface area contributed by atoms with Crippen LogP contribution in [0.4, 0.5) is 0 Å². The third kappa shape index (κ3) is 5.62. The molecule has 0 fully saturated rings. The van der Waals surface area contributed by atoms with Crippen molar-refractivity contribution in [2.75, 3.05) is 13.3 Å². The van der Waals surface area contributed by atoms with Crippen LogP contribution in [0.5, 0.6) is 5.75 Å². The molecule has 128 valence electrons. The molecule has 2 N–H and O–H groups in total. The van der Waals surface area contributed by atoms with Gasteiger partial charge in [0, 0.05) is 11.1 Å². The number of benzene rings is 2. The van der Waals surface area contributed by atoms with Crippen molar-refractivity contribution in [3.8, 4) is 5.75 Å². The summed E-state index contributed by atoms with van der Waals surface area (Å²) in [6.07, 6.45) is 1.11. The van der Waals surface area contributed by atoms with Crippen molar-refractivity contribution in [3.63, 3.8) is 0 Å². The summed E-state index contributed by atoms with van der Waals surface area (Å²) >= 11 is 0. The van der Waals surface area contributed by atoms with Crippen LogP contribution in [0.25, 0.3) is 0 Å². The number of rotatable bonds is 8. The van der Waals surface area contributed by atoms with Gasteiger partial charge in [-0.25, -0.2) is 0 Å². The maximum absolute atomic E-state index is 12.3. The summed E-state index contributed by atoms with van der Waals surface area (Å²) < 4.78 is 5.34. The molecule has 0 heterocycles. The molecule has 0 spiro atoms. The lowest BCUT2D eigenvalue weighted by Gasteiger charge is -2.08. The van der Waals surface area contributed by atoms with Crippen LogP contribution in [0.3, 0.4) is 0 Å². The Morgan fingerprint density at radius 2 is 1.56 bits per heavy atom. The van der Waals surface area contributed by atoms with E-state index in [1.165, 1.54) is 0 Å². The van der Waals surface area contributed by atoms with Gasteiger partial charge in [-0.15, -0.1) is 0 Å². The van der Waals surface area contributed by atoms with Crippen LogP contribution in [-0.2, 0) is 9.59 Å². The van der Waals surface area contributed by atoms with E-state index in [1.54, 1.807) is 48.5 Å². The van der Waals surface area contributed by atoms with Gasteiger partial charge in [0.1, 0.15) is 5.75 Å². The van der Waals surface area contributed by atoms with Gasteiger partial charge in [0.15, 0.2) is 12.4 Å². The van der Waals surface area contributed by atoms with E-state index in [1.807, 2.05) is 6.07 Å². The number of hydrogen-bond donors (Lipinski definition) is 2. The molecule has 0 bridgehead atoms. The summed E-state index contributed by atoms with van der Waals surface area (Å²) in [5.74, 6) is -0.369. The summed E-state index contributed by atoms with van der Waals surface area (Å²) in [6, 6.07) is 15.5. The Bertz CT molecular complexity index is 755. The summed E-state index contributed by atoms with van der Waals surface area (Å²) in [5, 5.41) is 4.89. The molecule has 0 aliphatic rings. The number of ketones is 1. The van der Waals surface area contributed by atoms with Crippen molar-refractivity contribution in [2.45, 2.75) is 0 Å². The topological polar surface area (TPSA) is 84.5 Å². The van der Waals surface area contributed by atoms with Gasteiger partial charge in [-0.3, -0.25) is 14.4 Å². The highest BCUT2D eigenvalue weighted by Crippen LogP contribution is 2.15. The van der Waals surface area contributed by atoms with Crippen molar-refractivity contribution < 1.29 is 19.1 Å². The standard InChI is InChI=1S/C19H18N2O4/c1-2-17(22)20-13-21-18(23)12-25-16-10-8-15(9-11-16)19(24)14-6-4-3-5-7-14/h2-11H,1,12-13H2,(H,20,22)(H,21,23). The number of hydrogen-bond acceptors (Lipinski definition) is 4. The first-order valence-corrected chi connectivity index (χ1v) is 7.59.